The van der Waals surface area contributed by atoms with Gasteiger partial charge in [0.15, 0.2) is 4.77 Å². The van der Waals surface area contributed by atoms with E-state index >= 15 is 0 Å². The number of H-pyrrole nitrogens is 1. The second kappa shape index (κ2) is 8.97. The largest absolute Gasteiger partial charge is 0.349 e. The van der Waals surface area contributed by atoms with Gasteiger partial charge in [0.1, 0.15) is 5.82 Å². The Morgan fingerprint density at radius 3 is 2.59 bits per heavy atom. The summed E-state index contributed by atoms with van der Waals surface area (Å²) in [6.45, 7) is 2.61. The highest BCUT2D eigenvalue weighted by Gasteiger charge is 2.16. The molecule has 1 heterocycles. The van der Waals surface area contributed by atoms with Crippen molar-refractivity contribution in [3.8, 4) is 0 Å². The van der Waals surface area contributed by atoms with Crippen molar-refractivity contribution < 1.29 is 4.79 Å². The van der Waals surface area contributed by atoms with Gasteiger partial charge in [-0.15, -0.1) is 0 Å². The molecule has 0 saturated heterocycles. The Hall–Kier alpha value is -2.44. The maximum Gasteiger partial charge on any atom is 0.228 e. The third-order valence-electron chi connectivity index (χ3n) is 4.36. The van der Waals surface area contributed by atoms with Crippen LogP contribution in [0.1, 0.15) is 36.3 Å². The van der Waals surface area contributed by atoms with Crippen LogP contribution in [0.5, 0.6) is 0 Å². The van der Waals surface area contributed by atoms with Crippen LogP contribution in [-0.2, 0) is 17.8 Å². The minimum absolute atomic E-state index is 0.0701. The summed E-state index contributed by atoms with van der Waals surface area (Å²) in [6, 6.07) is 17.4. The van der Waals surface area contributed by atoms with Crippen LogP contribution in [0.25, 0.3) is 0 Å². The number of aromatic amines is 1. The Morgan fingerprint density at radius 2 is 1.93 bits per heavy atom. The van der Waals surface area contributed by atoms with Crippen molar-refractivity contribution in [1.29, 1.82) is 0 Å². The van der Waals surface area contributed by atoms with E-state index in [0.29, 0.717) is 22.2 Å². The number of halogens is 1. The molecule has 0 aliphatic heterocycles. The average Bonchev–Trinajstić information content (AvgIpc) is 3.01. The molecule has 0 aliphatic carbocycles. The van der Waals surface area contributed by atoms with Gasteiger partial charge in [0.05, 0.1) is 19.0 Å². The van der Waals surface area contributed by atoms with E-state index in [4.69, 9.17) is 23.8 Å². The smallest absolute Gasteiger partial charge is 0.228 e. The molecule has 5 nitrogen and oxygen atoms in total. The summed E-state index contributed by atoms with van der Waals surface area (Å²) in [5.41, 5.74) is 2.13. The van der Waals surface area contributed by atoms with Crippen LogP contribution in [0, 0.1) is 4.77 Å². The van der Waals surface area contributed by atoms with Crippen LogP contribution in [0.2, 0.25) is 5.02 Å². The molecule has 0 bridgehead atoms. The molecule has 0 radical (unpaired) electrons. The average molecular weight is 401 g/mol. The highest BCUT2D eigenvalue weighted by molar-refractivity contribution is 7.71. The first kappa shape index (κ1) is 19.3. The van der Waals surface area contributed by atoms with Crippen LogP contribution >= 0.6 is 23.8 Å². The van der Waals surface area contributed by atoms with Gasteiger partial charge in [0.25, 0.3) is 0 Å². The number of hydrogen-bond acceptors (Lipinski definition) is 3. The molecule has 1 amide bonds. The van der Waals surface area contributed by atoms with Crippen LogP contribution in [0.4, 0.5) is 0 Å². The fourth-order valence-corrected chi connectivity index (χ4v) is 3.26. The molecule has 1 atom stereocenters. The molecule has 0 saturated carbocycles. The van der Waals surface area contributed by atoms with Gasteiger partial charge in [-0.3, -0.25) is 14.5 Å². The topological polar surface area (TPSA) is 62.7 Å². The number of hydrogen-bond donors (Lipinski definition) is 2. The van der Waals surface area contributed by atoms with Gasteiger partial charge in [0.2, 0.25) is 5.91 Å². The first-order valence-corrected chi connectivity index (χ1v) is 9.58. The van der Waals surface area contributed by atoms with Gasteiger partial charge in [0, 0.05) is 5.02 Å². The van der Waals surface area contributed by atoms with Crippen LogP contribution < -0.4 is 5.32 Å². The van der Waals surface area contributed by atoms with Gasteiger partial charge < -0.3 is 5.32 Å². The van der Waals surface area contributed by atoms with Crippen LogP contribution in [-0.4, -0.2) is 20.7 Å². The Bertz CT molecular complexity index is 950. The molecule has 0 spiro atoms. The summed E-state index contributed by atoms with van der Waals surface area (Å²) in [6.07, 6.45) is 0.939. The summed E-state index contributed by atoms with van der Waals surface area (Å²) in [5, 5.41) is 10.8. The number of nitrogens with one attached hydrogen (secondary N) is 2. The van der Waals surface area contributed by atoms with Crippen LogP contribution in [0.15, 0.2) is 54.6 Å². The van der Waals surface area contributed by atoms with Crippen molar-refractivity contribution in [2.75, 3.05) is 0 Å². The zero-order valence-electron chi connectivity index (χ0n) is 15.0. The van der Waals surface area contributed by atoms with Crippen molar-refractivity contribution in [1.82, 2.24) is 20.1 Å². The van der Waals surface area contributed by atoms with E-state index in [0.717, 1.165) is 17.5 Å². The molecule has 3 aromatic rings. The predicted octanol–water partition coefficient (Wildman–Crippen LogP) is 4.45. The lowest BCUT2D eigenvalue weighted by atomic mass is 10.0. The van der Waals surface area contributed by atoms with Crippen molar-refractivity contribution >= 4 is 29.7 Å². The molecular formula is C20H21ClN4OS. The molecule has 0 unspecified atom stereocenters. The van der Waals surface area contributed by atoms with E-state index in [-0.39, 0.29) is 18.4 Å². The molecule has 27 heavy (non-hydrogen) atoms. The van der Waals surface area contributed by atoms with Crippen molar-refractivity contribution in [2.45, 2.75) is 32.4 Å². The Morgan fingerprint density at radius 1 is 1.22 bits per heavy atom. The standard InChI is InChI=1S/C20H21ClN4OS/c1-2-17(15-8-10-16(21)11-9-15)22-19(26)12-18-23-24-20(27)25(18)13-14-6-4-3-5-7-14/h3-11,17H,2,12-13H2,1H3,(H,22,26)(H,24,27)/t17-/m0/s1. The summed E-state index contributed by atoms with van der Waals surface area (Å²) < 4.78 is 2.36. The van der Waals surface area contributed by atoms with E-state index in [2.05, 4.69) is 15.5 Å². The first-order valence-electron chi connectivity index (χ1n) is 8.79. The SMILES string of the molecule is CC[C@H](NC(=O)Cc1n[nH]c(=S)n1Cc1ccccc1)c1ccc(Cl)cc1. The summed E-state index contributed by atoms with van der Waals surface area (Å²) in [5.74, 6) is 0.521. The summed E-state index contributed by atoms with van der Waals surface area (Å²) >= 11 is 11.3. The number of nitrogens with zero attached hydrogens (tertiary/aromatic N) is 2. The van der Waals surface area contributed by atoms with E-state index in [1.165, 1.54) is 0 Å². The quantitative estimate of drug-likeness (QED) is 0.576. The molecular weight excluding hydrogens is 380 g/mol. The maximum atomic E-state index is 12.6. The minimum atomic E-state index is -0.0971. The number of carbonyl (C=O) groups is 1. The molecule has 2 N–H and O–H groups in total. The molecule has 140 valence electrons. The lowest BCUT2D eigenvalue weighted by molar-refractivity contribution is -0.121. The Kier molecular flexibility index (Phi) is 6.42. The molecule has 0 aliphatic rings. The Labute approximate surface area is 168 Å². The van der Waals surface area contributed by atoms with E-state index < -0.39 is 0 Å². The van der Waals surface area contributed by atoms with E-state index in [9.17, 15) is 4.79 Å². The molecule has 7 heteroatoms. The number of aromatic nitrogens is 3. The number of rotatable bonds is 7. The Balaban J connectivity index is 1.70. The van der Waals surface area contributed by atoms with Gasteiger partial charge in [-0.05, 0) is 41.9 Å². The van der Waals surface area contributed by atoms with Crippen LogP contribution in [0.3, 0.4) is 0 Å². The third kappa shape index (κ3) is 5.05. The van der Waals surface area contributed by atoms with Gasteiger partial charge in [-0.25, -0.2) is 0 Å². The van der Waals surface area contributed by atoms with Gasteiger partial charge in [-0.2, -0.15) is 5.10 Å². The third-order valence-corrected chi connectivity index (χ3v) is 4.92. The second-order valence-corrected chi connectivity index (χ2v) is 7.10. The first-order chi connectivity index (χ1) is 13.1. The number of benzene rings is 2. The predicted molar refractivity (Wildman–Crippen MR) is 109 cm³/mol. The molecule has 0 fully saturated rings. The van der Waals surface area contributed by atoms with Gasteiger partial charge >= 0.3 is 0 Å². The molecule has 2 aromatic carbocycles. The summed E-state index contributed by atoms with van der Waals surface area (Å²) in [4.78, 5) is 12.6. The minimum Gasteiger partial charge on any atom is -0.349 e. The highest BCUT2D eigenvalue weighted by Crippen LogP contribution is 2.19. The lowest BCUT2D eigenvalue weighted by Crippen LogP contribution is -2.30. The fourth-order valence-electron chi connectivity index (χ4n) is 2.92. The van der Waals surface area contributed by atoms with Crippen molar-refractivity contribution in [2.24, 2.45) is 0 Å². The van der Waals surface area contributed by atoms with Gasteiger partial charge in [-0.1, -0.05) is 61.0 Å². The highest BCUT2D eigenvalue weighted by atomic mass is 35.5. The number of amides is 1. The second-order valence-electron chi connectivity index (χ2n) is 6.27. The maximum absolute atomic E-state index is 12.6. The van der Waals surface area contributed by atoms with E-state index in [1.807, 2.05) is 66.1 Å². The molecule has 1 aromatic heterocycles. The summed E-state index contributed by atoms with van der Waals surface area (Å²) in [7, 11) is 0. The monoisotopic (exact) mass is 400 g/mol. The van der Waals surface area contributed by atoms with E-state index in [1.54, 1.807) is 0 Å². The number of carbonyl (C=O) groups excluding carboxylic acids is 1. The lowest BCUT2D eigenvalue weighted by Gasteiger charge is -2.17. The fraction of sp³-hybridized carbons (Fsp3) is 0.250. The van der Waals surface area contributed by atoms with Crippen molar-refractivity contribution in [3.05, 3.63) is 81.3 Å². The zero-order chi connectivity index (χ0) is 19.2. The molecule has 3 rings (SSSR count). The van der Waals surface area contributed by atoms with Crippen molar-refractivity contribution in [3.63, 3.8) is 0 Å². The zero-order valence-corrected chi connectivity index (χ0v) is 16.6. The normalized spacial score (nSPS) is 11.9.